The van der Waals surface area contributed by atoms with E-state index in [1.165, 1.54) is 18.3 Å². The Morgan fingerprint density at radius 1 is 1.07 bits per heavy atom. The number of anilines is 4. The molecular formula is C26H28F3N7O5. The van der Waals surface area contributed by atoms with E-state index in [0.29, 0.717) is 18.0 Å². The normalized spacial score (nSPS) is 16.6. The zero-order chi connectivity index (χ0) is 29.0. The number of hydrogen-bond acceptors (Lipinski definition) is 11. The molecule has 4 heterocycles. The molecule has 1 aliphatic heterocycles. The number of hydrogen-bond donors (Lipinski definition) is 2. The zero-order valence-corrected chi connectivity index (χ0v) is 22.1. The molecule has 1 saturated heterocycles. The highest BCUT2D eigenvalue weighted by Crippen LogP contribution is 2.53. The molecule has 0 aromatic carbocycles. The number of halogens is 3. The van der Waals surface area contributed by atoms with Crippen LogP contribution in [0.15, 0.2) is 41.1 Å². The van der Waals surface area contributed by atoms with Crippen LogP contribution in [0.2, 0.25) is 0 Å². The van der Waals surface area contributed by atoms with Gasteiger partial charge in [0.25, 0.3) is 0 Å². The quantitative estimate of drug-likeness (QED) is 0.351. The Hall–Kier alpha value is -4.43. The lowest BCUT2D eigenvalue weighted by Gasteiger charge is -2.51. The summed E-state index contributed by atoms with van der Waals surface area (Å²) in [5.74, 6) is -0.424. The first kappa shape index (κ1) is 28.1. The fourth-order valence-corrected chi connectivity index (χ4v) is 5.05. The molecule has 41 heavy (non-hydrogen) atoms. The number of piperidine rings is 1. The van der Waals surface area contributed by atoms with Gasteiger partial charge in [-0.2, -0.15) is 13.2 Å². The number of ether oxygens (including phenoxy) is 2. The van der Waals surface area contributed by atoms with Gasteiger partial charge in [-0.25, -0.2) is 9.97 Å². The molecule has 2 aliphatic rings. The summed E-state index contributed by atoms with van der Waals surface area (Å²) in [4.78, 5) is 34.9. The van der Waals surface area contributed by atoms with Crippen molar-refractivity contribution in [3.8, 4) is 5.88 Å². The number of nitrogens with zero attached hydrogens (tertiary/aromatic N) is 5. The Morgan fingerprint density at radius 2 is 1.80 bits per heavy atom. The largest absolute Gasteiger partial charge is 0.468 e. The second kappa shape index (κ2) is 11.6. The maximum Gasteiger partial charge on any atom is 0.422 e. The highest BCUT2D eigenvalue weighted by Gasteiger charge is 2.49. The predicted molar refractivity (Wildman–Crippen MR) is 139 cm³/mol. The number of carbonyl (C=O) groups is 2. The van der Waals surface area contributed by atoms with E-state index < -0.39 is 18.7 Å². The van der Waals surface area contributed by atoms with Crippen LogP contribution in [0, 0.1) is 11.3 Å². The molecule has 1 aliphatic carbocycles. The third-order valence-electron chi connectivity index (χ3n) is 7.12. The fourth-order valence-electron chi connectivity index (χ4n) is 5.05. The van der Waals surface area contributed by atoms with E-state index in [1.807, 2.05) is 13.0 Å². The van der Waals surface area contributed by atoms with Crippen molar-refractivity contribution in [2.24, 2.45) is 11.3 Å². The number of alkyl halides is 3. The first-order chi connectivity index (χ1) is 19.6. The molecule has 1 amide bonds. The lowest BCUT2D eigenvalue weighted by molar-refractivity contribution is -0.157. The van der Waals surface area contributed by atoms with Gasteiger partial charge in [-0.15, -0.1) is 5.10 Å². The van der Waals surface area contributed by atoms with Crippen LogP contribution >= 0.6 is 0 Å². The van der Waals surface area contributed by atoms with Crippen LogP contribution in [0.5, 0.6) is 5.88 Å². The summed E-state index contributed by atoms with van der Waals surface area (Å²) in [5.41, 5.74) is 0.985. The van der Waals surface area contributed by atoms with Crippen LogP contribution in [-0.2, 0) is 9.53 Å². The monoisotopic (exact) mass is 575 g/mol. The van der Waals surface area contributed by atoms with Crippen LogP contribution < -0.4 is 20.3 Å². The van der Waals surface area contributed by atoms with Crippen molar-refractivity contribution in [3.63, 3.8) is 0 Å². The smallest absolute Gasteiger partial charge is 0.422 e. The molecule has 0 unspecified atom stereocenters. The highest BCUT2D eigenvalue weighted by molar-refractivity contribution is 6.00. The highest BCUT2D eigenvalue weighted by atomic mass is 19.4. The van der Waals surface area contributed by atoms with Crippen molar-refractivity contribution in [2.75, 3.05) is 41.8 Å². The molecule has 0 atom stereocenters. The lowest BCUT2D eigenvalue weighted by atomic mass is 9.57. The Balaban J connectivity index is 1.08. The Labute approximate surface area is 232 Å². The Bertz CT molecular complexity index is 1350. The van der Waals surface area contributed by atoms with Gasteiger partial charge in [-0.1, -0.05) is 5.10 Å². The summed E-state index contributed by atoms with van der Waals surface area (Å²) in [6.45, 7) is 2.46. The average Bonchev–Trinajstić information content (AvgIpc) is 3.40. The molecule has 1 spiro atoms. The van der Waals surface area contributed by atoms with Crippen LogP contribution in [0.3, 0.4) is 0 Å². The van der Waals surface area contributed by atoms with Gasteiger partial charge in [0.1, 0.15) is 5.82 Å². The minimum absolute atomic E-state index is 0.0199. The van der Waals surface area contributed by atoms with Crippen molar-refractivity contribution < 1.29 is 36.7 Å². The number of esters is 1. The predicted octanol–water partition coefficient (Wildman–Crippen LogP) is 4.36. The number of amides is 1. The number of rotatable bonds is 9. The standard InChI is InChI=1S/C26H28F3N7O5/c1-2-39-23(38)16-11-25(12-16)7-9-36(10-8-25)19-5-3-17(13-30-19)32-21(37)22-34-35-24(41-22)33-18-4-6-20(31-14-18)40-15-26(27,28)29/h3-6,13-14,16H,2,7-12,15H2,1H3,(H,32,37)(H,33,35). The first-order valence-corrected chi connectivity index (χ1v) is 13.1. The van der Waals surface area contributed by atoms with E-state index in [-0.39, 0.29) is 35.1 Å². The molecule has 2 N–H and O–H groups in total. The Kier molecular flexibility index (Phi) is 7.94. The van der Waals surface area contributed by atoms with Gasteiger partial charge < -0.3 is 29.4 Å². The van der Waals surface area contributed by atoms with E-state index in [9.17, 15) is 22.8 Å². The zero-order valence-electron chi connectivity index (χ0n) is 22.1. The van der Waals surface area contributed by atoms with Gasteiger partial charge in [0, 0.05) is 19.2 Å². The summed E-state index contributed by atoms with van der Waals surface area (Å²) < 4.78 is 51.8. The number of carbonyl (C=O) groups excluding carboxylic acids is 2. The summed E-state index contributed by atoms with van der Waals surface area (Å²) >= 11 is 0. The molecule has 2 fully saturated rings. The van der Waals surface area contributed by atoms with Gasteiger partial charge in [0.15, 0.2) is 6.61 Å². The molecule has 3 aromatic rings. The average molecular weight is 576 g/mol. The van der Waals surface area contributed by atoms with Gasteiger partial charge in [0.05, 0.1) is 36.3 Å². The van der Waals surface area contributed by atoms with E-state index in [4.69, 9.17) is 9.15 Å². The third-order valence-corrected chi connectivity index (χ3v) is 7.12. The minimum atomic E-state index is -4.47. The number of pyridine rings is 2. The second-order valence-corrected chi connectivity index (χ2v) is 10.0. The van der Waals surface area contributed by atoms with Crippen molar-refractivity contribution in [3.05, 3.63) is 42.5 Å². The maximum absolute atomic E-state index is 12.6. The molecule has 0 bridgehead atoms. The molecule has 15 heteroatoms. The first-order valence-electron chi connectivity index (χ1n) is 13.1. The van der Waals surface area contributed by atoms with Crippen molar-refractivity contribution >= 4 is 35.1 Å². The van der Waals surface area contributed by atoms with Gasteiger partial charge in [-0.05, 0) is 56.2 Å². The third kappa shape index (κ3) is 7.02. The van der Waals surface area contributed by atoms with Gasteiger partial charge >= 0.3 is 30.0 Å². The topological polar surface area (TPSA) is 145 Å². The maximum atomic E-state index is 12.6. The van der Waals surface area contributed by atoms with Gasteiger partial charge in [-0.3, -0.25) is 9.59 Å². The molecule has 1 saturated carbocycles. The van der Waals surface area contributed by atoms with Crippen LogP contribution in [0.1, 0.15) is 43.3 Å². The number of aromatic nitrogens is 4. The van der Waals surface area contributed by atoms with Crippen molar-refractivity contribution in [2.45, 2.75) is 38.8 Å². The molecule has 12 nitrogen and oxygen atoms in total. The summed E-state index contributed by atoms with van der Waals surface area (Å²) in [5, 5.41) is 12.8. The van der Waals surface area contributed by atoms with Crippen LogP contribution in [-0.4, -0.2) is 64.5 Å². The molecule has 5 rings (SSSR count). The Morgan fingerprint density at radius 3 is 2.44 bits per heavy atom. The van der Waals surface area contributed by atoms with E-state index in [1.54, 1.807) is 12.3 Å². The SMILES string of the molecule is CCOC(=O)C1CC2(CCN(c3ccc(NC(=O)c4nnc(Nc5ccc(OCC(F)(F)F)nc5)o4)cn3)CC2)C1. The van der Waals surface area contributed by atoms with E-state index >= 15 is 0 Å². The summed E-state index contributed by atoms with van der Waals surface area (Å²) in [6.07, 6.45) is 2.04. The summed E-state index contributed by atoms with van der Waals surface area (Å²) in [6, 6.07) is 6.09. The fraction of sp³-hybridized carbons (Fsp3) is 0.462. The second-order valence-electron chi connectivity index (χ2n) is 10.0. The van der Waals surface area contributed by atoms with E-state index in [0.717, 1.165) is 44.6 Å². The van der Waals surface area contributed by atoms with Crippen molar-refractivity contribution in [1.29, 1.82) is 0 Å². The molecule has 0 radical (unpaired) electrons. The van der Waals surface area contributed by atoms with Crippen LogP contribution in [0.25, 0.3) is 0 Å². The van der Waals surface area contributed by atoms with Crippen molar-refractivity contribution in [1.82, 2.24) is 20.2 Å². The van der Waals surface area contributed by atoms with Gasteiger partial charge in [0.2, 0.25) is 5.88 Å². The lowest BCUT2D eigenvalue weighted by Crippen LogP contribution is -2.49. The summed E-state index contributed by atoms with van der Waals surface area (Å²) in [7, 11) is 0. The van der Waals surface area contributed by atoms with Crippen LogP contribution in [0.4, 0.5) is 36.4 Å². The number of nitrogens with one attached hydrogen (secondary N) is 2. The molecule has 218 valence electrons. The molecule has 3 aromatic heterocycles. The molecular weight excluding hydrogens is 547 g/mol. The minimum Gasteiger partial charge on any atom is -0.468 e. The van der Waals surface area contributed by atoms with E-state index in [2.05, 4.69) is 40.4 Å².